The van der Waals surface area contributed by atoms with Crippen molar-refractivity contribution < 1.29 is 0 Å². The standard InChI is InChI=1S/C26H24Cl3N4P3S2/c27-34(28)30-35(29,33(21-23-13-5-1-6-14-23)22-24-15-7-2-8-16-24)32-36(31-34,37-25-17-9-3-10-18-25)38-26-19-11-4-12-20-26/h1-20H,21-22H2. The maximum Gasteiger partial charge on any atom is 0.257 e. The van der Waals surface area contributed by atoms with Crippen molar-refractivity contribution in [1.82, 2.24) is 4.67 Å². The Hall–Kier alpha value is -0.900. The Morgan fingerprint density at radius 2 is 0.921 bits per heavy atom. The van der Waals surface area contributed by atoms with Crippen molar-refractivity contribution >= 4 is 74.7 Å². The topological polar surface area (TPSA) is 40.3 Å². The van der Waals surface area contributed by atoms with Crippen LogP contribution in [0.25, 0.3) is 0 Å². The highest BCUT2D eigenvalue weighted by atomic mass is 35.9. The number of hydrogen-bond donors (Lipinski definition) is 0. The van der Waals surface area contributed by atoms with Gasteiger partial charge < -0.3 is 0 Å². The van der Waals surface area contributed by atoms with Crippen LogP contribution >= 0.6 is 74.7 Å². The predicted molar refractivity (Wildman–Crippen MR) is 172 cm³/mol. The fraction of sp³-hybridized carbons (Fsp3) is 0.0769. The lowest BCUT2D eigenvalue weighted by atomic mass is 10.2. The molecule has 12 heteroatoms. The highest BCUT2D eigenvalue weighted by molar-refractivity contribution is 8.91. The van der Waals surface area contributed by atoms with Crippen LogP contribution in [0.1, 0.15) is 11.1 Å². The van der Waals surface area contributed by atoms with Crippen molar-refractivity contribution in [2.45, 2.75) is 22.9 Å². The minimum absolute atomic E-state index is 0.555. The monoisotopic (exact) mass is 654 g/mol. The summed E-state index contributed by atoms with van der Waals surface area (Å²) in [6.07, 6.45) is 0. The van der Waals surface area contributed by atoms with E-state index in [2.05, 4.69) is 53.2 Å². The van der Waals surface area contributed by atoms with Gasteiger partial charge in [-0.25, -0.2) is 4.67 Å². The van der Waals surface area contributed by atoms with Gasteiger partial charge in [0.25, 0.3) is 5.91 Å². The van der Waals surface area contributed by atoms with Crippen LogP contribution in [0.2, 0.25) is 0 Å². The highest BCUT2D eigenvalue weighted by Gasteiger charge is 2.39. The van der Waals surface area contributed by atoms with Crippen molar-refractivity contribution in [3.63, 3.8) is 0 Å². The zero-order valence-corrected chi connectivity index (χ0v) is 26.6. The van der Waals surface area contributed by atoms with E-state index in [0.717, 1.165) is 20.9 Å². The van der Waals surface area contributed by atoms with Gasteiger partial charge in [-0.2, -0.15) is 13.5 Å². The zero-order valence-electron chi connectivity index (χ0n) is 20.0. The highest BCUT2D eigenvalue weighted by Crippen LogP contribution is 2.92. The van der Waals surface area contributed by atoms with E-state index in [1.54, 1.807) is 22.8 Å². The Labute approximate surface area is 246 Å². The molecule has 0 saturated heterocycles. The third-order valence-electron chi connectivity index (χ3n) is 5.38. The van der Waals surface area contributed by atoms with Gasteiger partial charge in [-0.3, -0.25) is 0 Å². The van der Waals surface area contributed by atoms with Gasteiger partial charge >= 0.3 is 0 Å². The first-order valence-corrected chi connectivity index (χ1v) is 22.3. The lowest BCUT2D eigenvalue weighted by Crippen LogP contribution is -2.17. The summed E-state index contributed by atoms with van der Waals surface area (Å²) >= 11 is 24.6. The largest absolute Gasteiger partial charge is 0.257 e. The Morgan fingerprint density at radius 1 is 0.526 bits per heavy atom. The van der Waals surface area contributed by atoms with Gasteiger partial charge in [-0.05, 0) is 91.9 Å². The lowest BCUT2D eigenvalue weighted by Gasteiger charge is -2.34. The Morgan fingerprint density at radius 3 is 1.34 bits per heavy atom. The van der Waals surface area contributed by atoms with Gasteiger partial charge in [0.2, 0.25) is 12.3 Å². The second kappa shape index (κ2) is 12.7. The number of hydrogen-bond acceptors (Lipinski definition) is 6. The van der Waals surface area contributed by atoms with E-state index in [4.69, 9.17) is 47.3 Å². The molecule has 0 radical (unpaired) electrons. The van der Waals surface area contributed by atoms with E-state index in [9.17, 15) is 0 Å². The molecule has 1 heterocycles. The van der Waals surface area contributed by atoms with Crippen molar-refractivity contribution in [1.29, 1.82) is 0 Å². The average Bonchev–Trinajstić information content (AvgIpc) is 2.89. The fourth-order valence-corrected chi connectivity index (χ4v) is 29.5. The van der Waals surface area contributed by atoms with E-state index in [0.29, 0.717) is 13.1 Å². The molecule has 0 bridgehead atoms. The predicted octanol–water partition coefficient (Wildman–Crippen LogP) is 12.8. The molecule has 0 fully saturated rings. The Balaban J connectivity index is 1.67. The van der Waals surface area contributed by atoms with E-state index >= 15 is 0 Å². The molecule has 1 unspecified atom stereocenters. The summed E-state index contributed by atoms with van der Waals surface area (Å²) in [5.41, 5.74) is -0.468. The van der Waals surface area contributed by atoms with E-state index in [1.807, 2.05) is 72.8 Å². The molecule has 38 heavy (non-hydrogen) atoms. The van der Waals surface area contributed by atoms with E-state index in [1.165, 1.54) is 0 Å². The van der Waals surface area contributed by atoms with Gasteiger partial charge in [-0.1, -0.05) is 97.1 Å². The van der Waals surface area contributed by atoms with Gasteiger partial charge in [-0.15, -0.1) is 0 Å². The molecule has 0 spiro atoms. The van der Waals surface area contributed by atoms with Crippen molar-refractivity contribution in [2.24, 2.45) is 13.5 Å². The number of benzene rings is 4. The maximum absolute atomic E-state index is 7.55. The zero-order chi connectivity index (χ0) is 26.5. The quantitative estimate of drug-likeness (QED) is 0.168. The lowest BCUT2D eigenvalue weighted by molar-refractivity contribution is 0.446. The van der Waals surface area contributed by atoms with Gasteiger partial charge in [0.15, 0.2) is 0 Å². The first-order valence-electron chi connectivity index (χ1n) is 11.7. The molecule has 1 atom stereocenters. The molecule has 196 valence electrons. The summed E-state index contributed by atoms with van der Waals surface area (Å²) in [4.78, 5) is 2.07. The summed E-state index contributed by atoms with van der Waals surface area (Å²) in [6, 6.07) is 40.6. The van der Waals surface area contributed by atoms with Crippen molar-refractivity contribution in [3.05, 3.63) is 132 Å². The van der Waals surface area contributed by atoms with Crippen molar-refractivity contribution in [2.75, 3.05) is 0 Å². The molecule has 4 aromatic carbocycles. The van der Waals surface area contributed by atoms with Crippen LogP contribution < -0.4 is 0 Å². The summed E-state index contributed by atoms with van der Waals surface area (Å²) in [7, 11) is 0. The number of halogens is 3. The second-order valence-electron chi connectivity index (χ2n) is 8.31. The van der Waals surface area contributed by atoms with Crippen LogP contribution in [0.3, 0.4) is 0 Å². The minimum Gasteiger partial charge on any atom is -0.231 e. The van der Waals surface area contributed by atoms with Crippen LogP contribution in [0.5, 0.6) is 0 Å². The summed E-state index contributed by atoms with van der Waals surface area (Å²) in [6.45, 7) is -1.96. The first-order chi connectivity index (χ1) is 18.3. The van der Waals surface area contributed by atoms with Gasteiger partial charge in [0, 0.05) is 22.9 Å². The molecule has 0 aliphatic carbocycles. The normalized spacial score (nSPS) is 19.7. The van der Waals surface area contributed by atoms with Gasteiger partial charge in [0.05, 0.1) is 0 Å². The SMILES string of the molecule is ClP1(Cl)=NP(Cl)(N(Cc2ccccc2)Cc2ccccc2)=NP(Sc2ccccc2)(Sc2ccccc2)=N1. The summed E-state index contributed by atoms with van der Waals surface area (Å²) in [5.74, 6) is -3.13. The smallest absolute Gasteiger partial charge is 0.231 e. The van der Waals surface area contributed by atoms with Crippen LogP contribution in [0.15, 0.2) is 145 Å². The molecule has 4 nitrogen and oxygen atoms in total. The van der Waals surface area contributed by atoms with Crippen LogP contribution in [-0.2, 0) is 13.1 Å². The Bertz CT molecular complexity index is 1450. The second-order valence-corrected chi connectivity index (χ2v) is 24.8. The molecule has 0 amide bonds. The molecule has 1 aliphatic rings. The summed E-state index contributed by atoms with van der Waals surface area (Å²) < 4.78 is 17.3. The Kier molecular flexibility index (Phi) is 9.59. The minimum atomic E-state index is -3.13. The third kappa shape index (κ3) is 7.64. The number of rotatable bonds is 9. The van der Waals surface area contributed by atoms with E-state index < -0.39 is 18.2 Å². The molecule has 5 rings (SSSR count). The van der Waals surface area contributed by atoms with E-state index in [-0.39, 0.29) is 0 Å². The average molecular weight is 656 g/mol. The van der Waals surface area contributed by atoms with Crippen LogP contribution in [0, 0.1) is 0 Å². The molecule has 0 saturated carbocycles. The molecular formula is C26H24Cl3N4P3S2. The third-order valence-corrected chi connectivity index (χ3v) is 24.1. The maximum atomic E-state index is 7.55. The van der Waals surface area contributed by atoms with Crippen LogP contribution in [-0.4, -0.2) is 4.67 Å². The molecule has 4 aromatic rings. The fourth-order valence-electron chi connectivity index (χ4n) is 3.74. The first kappa shape index (κ1) is 28.6. The molecule has 1 aliphatic heterocycles. The summed E-state index contributed by atoms with van der Waals surface area (Å²) in [5, 5.41) is 0. The molecule has 0 N–H and O–H groups in total. The molecular weight excluding hydrogens is 632 g/mol. The van der Waals surface area contributed by atoms with Gasteiger partial charge in [0.1, 0.15) is 0 Å². The van der Waals surface area contributed by atoms with Crippen LogP contribution in [0.4, 0.5) is 0 Å². The number of nitrogens with zero attached hydrogens (tertiary/aromatic N) is 4. The molecule has 0 aromatic heterocycles. The van der Waals surface area contributed by atoms with Crippen molar-refractivity contribution in [3.8, 4) is 0 Å².